The molecule has 17 heavy (non-hydrogen) atoms. The van der Waals surface area contributed by atoms with E-state index >= 15 is 0 Å². The van der Waals surface area contributed by atoms with Crippen LogP contribution in [0.25, 0.3) is 0 Å². The first-order valence-corrected chi connectivity index (χ1v) is 5.10. The van der Waals surface area contributed by atoms with Crippen LogP contribution in [-0.4, -0.2) is 30.9 Å². The summed E-state index contributed by atoms with van der Waals surface area (Å²) in [5.74, 6) is -0.154. The Morgan fingerprint density at radius 2 is 2.29 bits per heavy atom. The molecular weight excluding hydrogens is 226 g/mol. The minimum atomic E-state index is -1.08. The van der Waals surface area contributed by atoms with Crippen molar-refractivity contribution < 1.29 is 20.0 Å². The van der Waals surface area contributed by atoms with Gasteiger partial charge in [-0.3, -0.25) is 4.79 Å². The second-order valence-corrected chi connectivity index (χ2v) is 3.67. The average molecular weight is 239 g/mol. The van der Waals surface area contributed by atoms with Crippen molar-refractivity contribution in [1.82, 2.24) is 0 Å². The summed E-state index contributed by atoms with van der Waals surface area (Å²) in [6, 6.07) is 4.46. The van der Waals surface area contributed by atoms with Crippen LogP contribution in [0.5, 0.6) is 0 Å². The molecule has 1 heterocycles. The second-order valence-electron chi connectivity index (χ2n) is 3.67. The highest BCUT2D eigenvalue weighted by molar-refractivity contribution is 5.95. The maximum absolute atomic E-state index is 11.6. The topological polar surface area (TPSA) is 103 Å². The van der Waals surface area contributed by atoms with E-state index in [1.807, 2.05) is 0 Å². The van der Waals surface area contributed by atoms with Gasteiger partial charge in [0.05, 0.1) is 12.3 Å². The summed E-state index contributed by atoms with van der Waals surface area (Å²) in [6.45, 7) is 0.956. The SMILES string of the molecule is Nc1cc(N2CCOCC2=O)ccc1[NH+]([O-])O. The van der Waals surface area contributed by atoms with Gasteiger partial charge in [-0.05, 0) is 12.1 Å². The van der Waals surface area contributed by atoms with Gasteiger partial charge in [0.15, 0.2) is 5.69 Å². The number of quaternary nitrogens is 1. The molecule has 0 aromatic heterocycles. The molecule has 1 fully saturated rings. The van der Waals surface area contributed by atoms with E-state index < -0.39 is 5.23 Å². The van der Waals surface area contributed by atoms with Crippen LogP contribution in [-0.2, 0) is 9.53 Å². The van der Waals surface area contributed by atoms with Crippen LogP contribution in [0.15, 0.2) is 18.2 Å². The number of nitrogens with one attached hydrogen (secondary N) is 1. The summed E-state index contributed by atoms with van der Waals surface area (Å²) in [6.07, 6.45) is 0. The molecular formula is C10H13N3O4. The Balaban J connectivity index is 2.27. The Hall–Kier alpha value is -1.67. The van der Waals surface area contributed by atoms with Crippen molar-refractivity contribution in [2.24, 2.45) is 0 Å². The van der Waals surface area contributed by atoms with Gasteiger partial charge in [0, 0.05) is 18.3 Å². The van der Waals surface area contributed by atoms with Gasteiger partial charge in [-0.25, -0.2) is 5.21 Å². The van der Waals surface area contributed by atoms with Crippen molar-refractivity contribution in [2.75, 3.05) is 30.4 Å². The maximum Gasteiger partial charge on any atom is 0.253 e. The van der Waals surface area contributed by atoms with Crippen molar-refractivity contribution in [2.45, 2.75) is 0 Å². The van der Waals surface area contributed by atoms with Gasteiger partial charge in [-0.15, -0.1) is 0 Å². The molecule has 1 aliphatic heterocycles. The van der Waals surface area contributed by atoms with Gasteiger partial charge in [-0.1, -0.05) is 0 Å². The molecule has 7 heteroatoms. The Morgan fingerprint density at radius 3 is 2.88 bits per heavy atom. The van der Waals surface area contributed by atoms with Crippen LogP contribution in [0, 0.1) is 5.21 Å². The summed E-state index contributed by atoms with van der Waals surface area (Å²) in [5.41, 5.74) is 6.41. The largest absolute Gasteiger partial charge is 0.595 e. The first kappa shape index (κ1) is 11.8. The Kier molecular flexibility index (Phi) is 3.25. The van der Waals surface area contributed by atoms with Gasteiger partial charge >= 0.3 is 0 Å². The lowest BCUT2D eigenvalue weighted by molar-refractivity contribution is -0.990. The molecule has 4 N–H and O–H groups in total. The zero-order valence-electron chi connectivity index (χ0n) is 9.05. The molecule has 1 atom stereocenters. The van der Waals surface area contributed by atoms with E-state index in [1.54, 1.807) is 6.07 Å². The predicted octanol–water partition coefficient (Wildman–Crippen LogP) is -0.965. The van der Waals surface area contributed by atoms with E-state index in [0.29, 0.717) is 18.8 Å². The fourth-order valence-corrected chi connectivity index (χ4v) is 1.70. The summed E-state index contributed by atoms with van der Waals surface area (Å²) in [5, 5.41) is 18.6. The number of rotatable bonds is 2. The van der Waals surface area contributed by atoms with Crippen molar-refractivity contribution >= 4 is 23.0 Å². The number of nitrogens with two attached hydrogens (primary N) is 1. The molecule has 1 unspecified atom stereocenters. The Labute approximate surface area is 97.5 Å². The molecule has 1 amide bonds. The molecule has 0 saturated carbocycles. The number of morpholine rings is 1. The third-order valence-electron chi connectivity index (χ3n) is 2.56. The Bertz CT molecular complexity index is 436. The molecule has 0 aliphatic carbocycles. The average Bonchev–Trinajstić information content (AvgIpc) is 2.29. The van der Waals surface area contributed by atoms with Crippen molar-refractivity contribution in [1.29, 1.82) is 0 Å². The number of hydrogen-bond donors (Lipinski definition) is 3. The minimum absolute atomic E-state index is 0.0365. The zero-order chi connectivity index (χ0) is 12.4. The zero-order valence-corrected chi connectivity index (χ0v) is 9.05. The van der Waals surface area contributed by atoms with E-state index in [9.17, 15) is 10.0 Å². The normalized spacial score (nSPS) is 18.2. The quantitative estimate of drug-likeness (QED) is 0.455. The van der Waals surface area contributed by atoms with Gasteiger partial charge in [0.2, 0.25) is 0 Å². The van der Waals surface area contributed by atoms with Gasteiger partial charge in [-0.2, -0.15) is 5.23 Å². The van der Waals surface area contributed by atoms with Crippen LogP contribution in [0.1, 0.15) is 0 Å². The third-order valence-corrected chi connectivity index (χ3v) is 2.56. The molecule has 7 nitrogen and oxygen atoms in total. The van der Waals surface area contributed by atoms with Crippen molar-refractivity contribution in [3.63, 3.8) is 0 Å². The molecule has 1 saturated heterocycles. The fourth-order valence-electron chi connectivity index (χ4n) is 1.70. The summed E-state index contributed by atoms with van der Waals surface area (Å²) < 4.78 is 5.01. The van der Waals surface area contributed by atoms with E-state index in [1.165, 1.54) is 17.0 Å². The first-order valence-electron chi connectivity index (χ1n) is 5.10. The molecule has 0 spiro atoms. The number of amides is 1. The van der Waals surface area contributed by atoms with Gasteiger partial charge in [0.25, 0.3) is 5.91 Å². The standard InChI is InChI=1S/C10H13N3O4/c11-8-5-7(1-2-9(8)13(15)16)12-3-4-17-6-10(12)14/h1-2,5,13,15H,3-4,6,11H2. The summed E-state index contributed by atoms with van der Waals surface area (Å²) in [4.78, 5) is 13.1. The number of nitrogens with zero attached hydrogens (tertiary/aromatic N) is 1. The number of ether oxygens (including phenoxy) is 1. The molecule has 92 valence electrons. The highest BCUT2D eigenvalue weighted by Crippen LogP contribution is 2.23. The second kappa shape index (κ2) is 4.68. The minimum Gasteiger partial charge on any atom is -0.595 e. The highest BCUT2D eigenvalue weighted by atomic mass is 16.8. The lowest BCUT2D eigenvalue weighted by Gasteiger charge is -2.27. The molecule has 0 radical (unpaired) electrons. The fraction of sp³-hybridized carbons (Fsp3) is 0.300. The van der Waals surface area contributed by atoms with Crippen LogP contribution >= 0.6 is 0 Å². The van der Waals surface area contributed by atoms with Crippen molar-refractivity contribution in [3.05, 3.63) is 23.4 Å². The van der Waals surface area contributed by atoms with Gasteiger partial charge in [0.1, 0.15) is 6.61 Å². The van der Waals surface area contributed by atoms with E-state index in [4.69, 9.17) is 15.7 Å². The van der Waals surface area contributed by atoms with Crippen LogP contribution in [0.2, 0.25) is 0 Å². The number of benzene rings is 1. The molecule has 1 aromatic rings. The highest BCUT2D eigenvalue weighted by Gasteiger charge is 2.21. The van der Waals surface area contributed by atoms with Crippen LogP contribution in [0.3, 0.4) is 0 Å². The van der Waals surface area contributed by atoms with E-state index in [0.717, 1.165) is 0 Å². The van der Waals surface area contributed by atoms with Crippen LogP contribution < -0.4 is 15.9 Å². The third kappa shape index (κ3) is 2.37. The molecule has 2 rings (SSSR count). The first-order chi connectivity index (χ1) is 8.09. The monoisotopic (exact) mass is 239 g/mol. The lowest BCUT2D eigenvalue weighted by Crippen LogP contribution is -2.99. The van der Waals surface area contributed by atoms with Gasteiger partial charge < -0.3 is 20.6 Å². The smallest absolute Gasteiger partial charge is 0.253 e. The number of carbonyl (C=O) groups is 1. The Morgan fingerprint density at radius 1 is 1.53 bits per heavy atom. The number of carbonyl (C=O) groups excluding carboxylic acids is 1. The molecule has 0 bridgehead atoms. The van der Waals surface area contributed by atoms with Crippen LogP contribution in [0.4, 0.5) is 17.1 Å². The molecule has 1 aliphatic rings. The summed E-state index contributed by atoms with van der Waals surface area (Å²) in [7, 11) is 0. The molecule has 1 aromatic carbocycles. The number of nitrogen functional groups attached to an aromatic ring is 1. The van der Waals surface area contributed by atoms with Crippen molar-refractivity contribution in [3.8, 4) is 0 Å². The maximum atomic E-state index is 11.6. The van der Waals surface area contributed by atoms with E-state index in [-0.39, 0.29) is 23.9 Å². The predicted molar refractivity (Wildman–Crippen MR) is 59.8 cm³/mol. The van der Waals surface area contributed by atoms with E-state index in [2.05, 4.69) is 0 Å². The summed E-state index contributed by atoms with van der Waals surface area (Å²) >= 11 is 0. The lowest BCUT2D eigenvalue weighted by atomic mass is 10.2. The number of anilines is 2. The number of hydrogen-bond acceptors (Lipinski definition) is 5.